The van der Waals surface area contributed by atoms with Crippen LogP contribution in [-0.4, -0.2) is 20.1 Å². The maximum atomic E-state index is 12.5. The van der Waals surface area contributed by atoms with Crippen molar-refractivity contribution < 1.29 is 22.2 Å². The second kappa shape index (κ2) is 7.73. The normalized spacial score (nSPS) is 28.9. The summed E-state index contributed by atoms with van der Waals surface area (Å²) in [6, 6.07) is 13.6. The van der Waals surface area contributed by atoms with Crippen molar-refractivity contribution in [1.29, 1.82) is 0 Å². The van der Waals surface area contributed by atoms with Crippen molar-refractivity contribution >= 4 is 22.0 Å². The molecule has 0 aliphatic heterocycles. The van der Waals surface area contributed by atoms with Crippen LogP contribution in [0.5, 0.6) is 5.75 Å². The summed E-state index contributed by atoms with van der Waals surface area (Å²) >= 11 is 0. The minimum absolute atomic E-state index is 0.160. The van der Waals surface area contributed by atoms with E-state index in [1.807, 2.05) is 10.8 Å². The molecule has 7 heteroatoms. The van der Waals surface area contributed by atoms with Crippen LogP contribution in [0.25, 0.3) is 0 Å². The van der Waals surface area contributed by atoms with Crippen LogP contribution in [-0.2, 0) is 21.5 Å². The fraction of sp³-hybridized carbons (Fsp3) is 0.440. The molecule has 168 valence electrons. The van der Waals surface area contributed by atoms with E-state index in [9.17, 15) is 18.0 Å². The molecule has 0 aromatic heterocycles. The van der Waals surface area contributed by atoms with E-state index in [4.69, 9.17) is 4.18 Å². The van der Waals surface area contributed by atoms with Crippen molar-refractivity contribution in [3.8, 4) is 5.75 Å². The summed E-state index contributed by atoms with van der Waals surface area (Å²) in [5.41, 5.74) is 2.43. The number of carbonyl (C=O) groups excluding carboxylic acids is 2. The summed E-state index contributed by atoms with van der Waals surface area (Å²) in [6.45, 7) is 2.16. The molecular weight excluding hydrogens is 426 g/mol. The molecular formula is C25H27NO5S. The van der Waals surface area contributed by atoms with Gasteiger partial charge in [0.15, 0.2) is 0 Å². The third-order valence-corrected chi connectivity index (χ3v) is 8.71. The van der Waals surface area contributed by atoms with E-state index in [0.717, 1.165) is 37.7 Å². The largest absolute Gasteiger partial charge is 0.409 e. The van der Waals surface area contributed by atoms with E-state index >= 15 is 0 Å². The summed E-state index contributed by atoms with van der Waals surface area (Å²) in [6.07, 6.45) is 5.46. The first-order valence-corrected chi connectivity index (χ1v) is 12.7. The van der Waals surface area contributed by atoms with E-state index < -0.39 is 16.2 Å². The monoisotopic (exact) mass is 453 g/mol. The van der Waals surface area contributed by atoms with Crippen molar-refractivity contribution in [1.82, 2.24) is 4.72 Å². The van der Waals surface area contributed by atoms with Gasteiger partial charge in [-0.15, -0.1) is 0 Å². The molecule has 2 aromatic rings. The van der Waals surface area contributed by atoms with Gasteiger partial charge in [-0.3, -0.25) is 9.59 Å². The van der Waals surface area contributed by atoms with Gasteiger partial charge in [-0.25, -0.2) is 4.72 Å². The lowest BCUT2D eigenvalue weighted by Crippen LogP contribution is -2.42. The third-order valence-electron chi connectivity index (χ3n) is 7.87. The van der Waals surface area contributed by atoms with Crippen molar-refractivity contribution in [3.63, 3.8) is 0 Å². The quantitative estimate of drug-likeness (QED) is 0.751. The van der Waals surface area contributed by atoms with E-state index in [1.54, 1.807) is 30.3 Å². The van der Waals surface area contributed by atoms with E-state index in [0.29, 0.717) is 30.0 Å². The van der Waals surface area contributed by atoms with Crippen molar-refractivity contribution in [2.24, 2.45) is 17.3 Å². The average molecular weight is 454 g/mol. The Morgan fingerprint density at radius 1 is 1.06 bits per heavy atom. The van der Waals surface area contributed by atoms with Crippen molar-refractivity contribution in [3.05, 3.63) is 65.2 Å². The first kappa shape index (κ1) is 21.2. The van der Waals surface area contributed by atoms with Gasteiger partial charge >= 0.3 is 10.3 Å². The average Bonchev–Trinajstić information content (AvgIpc) is 3.08. The molecule has 1 N–H and O–H groups in total. The zero-order valence-electron chi connectivity index (χ0n) is 18.0. The number of amides is 1. The first-order valence-electron chi connectivity index (χ1n) is 11.2. The third kappa shape index (κ3) is 3.62. The number of hydrogen-bond donors (Lipinski definition) is 1. The Balaban J connectivity index is 1.32. The first-order chi connectivity index (χ1) is 15.3. The van der Waals surface area contributed by atoms with Gasteiger partial charge in [0.05, 0.1) is 0 Å². The fourth-order valence-corrected chi connectivity index (χ4v) is 7.03. The Labute approximate surface area is 188 Å². The molecule has 0 spiro atoms. The minimum atomic E-state index is -4.29. The predicted octanol–water partition coefficient (Wildman–Crippen LogP) is 4.17. The fourth-order valence-electron chi connectivity index (χ4n) is 6.29. The van der Waals surface area contributed by atoms with Gasteiger partial charge in [0, 0.05) is 17.4 Å². The van der Waals surface area contributed by atoms with Gasteiger partial charge < -0.3 is 4.18 Å². The van der Waals surface area contributed by atoms with Crippen molar-refractivity contribution in [2.45, 2.75) is 51.4 Å². The molecule has 6 nitrogen and oxygen atoms in total. The molecule has 0 saturated heterocycles. The SMILES string of the molecule is C[C@]12CCC3c4ccc(OS(=O)(=O)NC(=O)c5ccccc5)cc4CCC3C1CCC2=O. The second-order valence-corrected chi connectivity index (χ2v) is 10.8. The predicted molar refractivity (Wildman–Crippen MR) is 120 cm³/mol. The Morgan fingerprint density at radius 3 is 2.62 bits per heavy atom. The molecule has 3 aliphatic rings. The highest BCUT2D eigenvalue weighted by Gasteiger charge is 2.54. The van der Waals surface area contributed by atoms with Crippen molar-refractivity contribution in [2.75, 3.05) is 0 Å². The molecule has 2 saturated carbocycles. The zero-order valence-corrected chi connectivity index (χ0v) is 18.9. The molecule has 4 atom stereocenters. The van der Waals surface area contributed by atoms with Gasteiger partial charge in [-0.05, 0) is 85.3 Å². The van der Waals surface area contributed by atoms with Crippen LogP contribution >= 0.6 is 0 Å². The number of aryl methyl sites for hydroxylation is 1. The molecule has 5 rings (SSSR count). The lowest BCUT2D eigenvalue weighted by molar-refractivity contribution is -0.129. The van der Waals surface area contributed by atoms with Gasteiger partial charge in [0.1, 0.15) is 11.5 Å². The number of nitrogens with one attached hydrogen (secondary N) is 1. The molecule has 0 radical (unpaired) electrons. The van der Waals surface area contributed by atoms with Crippen LogP contribution in [0.1, 0.15) is 66.4 Å². The van der Waals surface area contributed by atoms with Crippen LogP contribution in [0.3, 0.4) is 0 Å². The molecule has 32 heavy (non-hydrogen) atoms. The summed E-state index contributed by atoms with van der Waals surface area (Å²) in [4.78, 5) is 24.7. The summed E-state index contributed by atoms with van der Waals surface area (Å²) in [5, 5.41) is 0. The van der Waals surface area contributed by atoms with Gasteiger partial charge in [0.2, 0.25) is 0 Å². The molecule has 2 fully saturated rings. The van der Waals surface area contributed by atoms with Gasteiger partial charge in [-0.1, -0.05) is 31.2 Å². The highest BCUT2D eigenvalue weighted by Crippen LogP contribution is 2.59. The Bertz CT molecular complexity index is 1180. The highest BCUT2D eigenvalue weighted by molar-refractivity contribution is 7.85. The lowest BCUT2D eigenvalue weighted by atomic mass is 9.55. The van der Waals surface area contributed by atoms with E-state index in [-0.39, 0.29) is 16.7 Å². The summed E-state index contributed by atoms with van der Waals surface area (Å²) in [5.74, 6) is 1.26. The molecule has 3 aliphatic carbocycles. The second-order valence-electron chi connectivity index (χ2n) is 9.53. The van der Waals surface area contributed by atoms with Gasteiger partial charge in [-0.2, -0.15) is 8.42 Å². The maximum Gasteiger partial charge on any atom is 0.409 e. The molecule has 3 unspecified atom stereocenters. The number of benzene rings is 2. The van der Waals surface area contributed by atoms with E-state index in [2.05, 4.69) is 6.92 Å². The number of ketones is 1. The maximum absolute atomic E-state index is 12.5. The Kier molecular flexibility index (Phi) is 5.12. The topological polar surface area (TPSA) is 89.5 Å². The number of carbonyl (C=O) groups is 2. The van der Waals surface area contributed by atoms with Crippen LogP contribution in [0.2, 0.25) is 0 Å². The smallest absolute Gasteiger partial charge is 0.367 e. The Hall–Kier alpha value is -2.67. The number of Topliss-reactive ketones (excluding diaryl/α,β-unsaturated/α-hetero) is 1. The van der Waals surface area contributed by atoms with Crippen LogP contribution in [0.4, 0.5) is 0 Å². The lowest BCUT2D eigenvalue weighted by Gasteiger charge is -2.48. The van der Waals surface area contributed by atoms with Crippen LogP contribution in [0, 0.1) is 17.3 Å². The Morgan fingerprint density at radius 2 is 1.84 bits per heavy atom. The number of rotatable bonds is 4. The number of fused-ring (bicyclic) bond motifs is 5. The number of hydrogen-bond acceptors (Lipinski definition) is 5. The molecule has 1 amide bonds. The molecule has 0 heterocycles. The van der Waals surface area contributed by atoms with E-state index in [1.165, 1.54) is 17.7 Å². The standard InChI is InChI=1S/C25H27NO5S/c1-25-14-13-20-19-10-8-18(15-17(19)7-9-21(20)22(25)11-12-23(25)27)31-32(29,30)26-24(28)16-5-3-2-4-6-16/h2-6,8,10,15,20-22H,7,9,11-14H2,1H3,(H,26,28)/t20?,21?,22?,25-/m0/s1. The van der Waals surface area contributed by atoms with Crippen LogP contribution < -0.4 is 8.91 Å². The highest BCUT2D eigenvalue weighted by atomic mass is 32.2. The minimum Gasteiger partial charge on any atom is -0.367 e. The molecule has 2 aromatic carbocycles. The summed E-state index contributed by atoms with van der Waals surface area (Å²) in [7, 11) is -4.29. The molecule has 0 bridgehead atoms. The summed E-state index contributed by atoms with van der Waals surface area (Å²) < 4.78 is 31.9. The van der Waals surface area contributed by atoms with Crippen LogP contribution in [0.15, 0.2) is 48.5 Å². The van der Waals surface area contributed by atoms with Gasteiger partial charge in [0.25, 0.3) is 5.91 Å². The zero-order chi connectivity index (χ0) is 22.5.